The van der Waals surface area contributed by atoms with Crippen molar-refractivity contribution in [1.82, 2.24) is 25.5 Å². The molecule has 1 N–H and O–H groups in total. The van der Waals surface area contributed by atoms with Crippen LogP contribution < -0.4 is 5.32 Å². The van der Waals surface area contributed by atoms with E-state index in [0.29, 0.717) is 21.8 Å². The summed E-state index contributed by atoms with van der Waals surface area (Å²) in [4.78, 5) is 12.7. The summed E-state index contributed by atoms with van der Waals surface area (Å²) < 4.78 is 15.5. The number of nitrogens with one attached hydrogen (secondary N) is 1. The first-order valence-electron chi connectivity index (χ1n) is 7.94. The van der Waals surface area contributed by atoms with Gasteiger partial charge in [0.15, 0.2) is 0 Å². The number of benzene rings is 2. The van der Waals surface area contributed by atoms with E-state index in [4.69, 9.17) is 11.6 Å². The molecule has 26 heavy (non-hydrogen) atoms. The fraction of sp³-hybridized carbons (Fsp3) is 0.222. The van der Waals surface area contributed by atoms with E-state index in [-0.39, 0.29) is 18.3 Å². The summed E-state index contributed by atoms with van der Waals surface area (Å²) in [6.45, 7) is 3.98. The monoisotopic (exact) mass is 373 g/mol. The minimum absolute atomic E-state index is 0.244. The fourth-order valence-electron chi connectivity index (χ4n) is 2.66. The quantitative estimate of drug-likeness (QED) is 0.745. The molecule has 0 aliphatic rings. The number of hydrogen-bond acceptors (Lipinski definition) is 4. The first kappa shape index (κ1) is 18.0. The predicted octanol–water partition coefficient (Wildman–Crippen LogP) is 3.16. The van der Waals surface area contributed by atoms with E-state index in [1.807, 2.05) is 13.8 Å². The van der Waals surface area contributed by atoms with Gasteiger partial charge in [0.2, 0.25) is 0 Å². The average Bonchev–Trinajstić information content (AvgIpc) is 3.14. The Labute approximate surface area is 155 Å². The molecule has 0 unspecified atom stereocenters. The van der Waals surface area contributed by atoms with Crippen LogP contribution in [-0.2, 0) is 5.41 Å². The fourth-order valence-corrected chi connectivity index (χ4v) is 2.84. The third kappa shape index (κ3) is 3.72. The summed E-state index contributed by atoms with van der Waals surface area (Å²) in [7, 11) is 0. The molecule has 2 aromatic carbocycles. The third-order valence-corrected chi connectivity index (χ3v) is 4.33. The SMILES string of the molecule is CC(C)(CNC(=O)c1cc(Cl)ccc1-n1cnnn1)c1ccccc1F. The highest BCUT2D eigenvalue weighted by Gasteiger charge is 2.25. The lowest BCUT2D eigenvalue weighted by Gasteiger charge is -2.26. The molecule has 0 bridgehead atoms. The Kier molecular flexibility index (Phi) is 4.99. The Hall–Kier alpha value is -2.80. The molecule has 6 nitrogen and oxygen atoms in total. The summed E-state index contributed by atoms with van der Waals surface area (Å²) in [6.07, 6.45) is 1.39. The molecule has 0 spiro atoms. The van der Waals surface area contributed by atoms with Crippen molar-refractivity contribution in [2.45, 2.75) is 19.3 Å². The van der Waals surface area contributed by atoms with Gasteiger partial charge in [-0.25, -0.2) is 4.39 Å². The normalized spacial score (nSPS) is 11.4. The van der Waals surface area contributed by atoms with Gasteiger partial charge in [0.05, 0.1) is 11.3 Å². The lowest BCUT2D eigenvalue weighted by atomic mass is 9.84. The van der Waals surface area contributed by atoms with Crippen molar-refractivity contribution in [2.75, 3.05) is 6.54 Å². The van der Waals surface area contributed by atoms with E-state index in [2.05, 4.69) is 20.8 Å². The molecular formula is C18H17ClFN5O. The van der Waals surface area contributed by atoms with Crippen LogP contribution in [-0.4, -0.2) is 32.7 Å². The molecule has 0 aliphatic carbocycles. The number of hydrogen-bond donors (Lipinski definition) is 1. The number of nitrogens with zero attached hydrogens (tertiary/aromatic N) is 4. The molecule has 3 aromatic rings. The molecule has 0 fully saturated rings. The Balaban J connectivity index is 1.83. The lowest BCUT2D eigenvalue weighted by Crippen LogP contribution is -2.37. The van der Waals surface area contributed by atoms with Crippen molar-refractivity contribution in [2.24, 2.45) is 0 Å². The number of carbonyl (C=O) groups is 1. The summed E-state index contributed by atoms with van der Waals surface area (Å²) in [5, 5.41) is 14.2. The molecule has 8 heteroatoms. The van der Waals surface area contributed by atoms with Crippen LogP contribution in [0.2, 0.25) is 5.02 Å². The van der Waals surface area contributed by atoms with Crippen molar-refractivity contribution in [3.05, 3.63) is 70.8 Å². The van der Waals surface area contributed by atoms with Crippen LogP contribution in [0.15, 0.2) is 48.8 Å². The molecule has 0 saturated heterocycles. The lowest BCUT2D eigenvalue weighted by molar-refractivity contribution is 0.0945. The molecule has 1 heterocycles. The van der Waals surface area contributed by atoms with Gasteiger partial charge in [0.25, 0.3) is 5.91 Å². The number of amides is 1. The zero-order chi connectivity index (χ0) is 18.7. The zero-order valence-corrected chi connectivity index (χ0v) is 15.0. The zero-order valence-electron chi connectivity index (χ0n) is 14.3. The molecular weight excluding hydrogens is 357 g/mol. The topological polar surface area (TPSA) is 72.7 Å². The van der Waals surface area contributed by atoms with Crippen LogP contribution in [0.25, 0.3) is 5.69 Å². The Bertz CT molecular complexity index is 927. The highest BCUT2D eigenvalue weighted by atomic mass is 35.5. The van der Waals surface area contributed by atoms with Gasteiger partial charge in [-0.15, -0.1) is 5.10 Å². The minimum Gasteiger partial charge on any atom is -0.351 e. The van der Waals surface area contributed by atoms with Gasteiger partial charge in [0.1, 0.15) is 12.1 Å². The number of carbonyl (C=O) groups excluding carboxylic acids is 1. The highest BCUT2D eigenvalue weighted by Crippen LogP contribution is 2.25. The van der Waals surface area contributed by atoms with Gasteiger partial charge in [-0.1, -0.05) is 43.6 Å². The summed E-state index contributed by atoms with van der Waals surface area (Å²) >= 11 is 6.04. The van der Waals surface area contributed by atoms with E-state index in [1.165, 1.54) is 17.1 Å². The van der Waals surface area contributed by atoms with Crippen LogP contribution >= 0.6 is 11.6 Å². The molecule has 0 saturated carbocycles. The van der Waals surface area contributed by atoms with Crippen LogP contribution in [0.3, 0.4) is 0 Å². The van der Waals surface area contributed by atoms with Crippen LogP contribution in [0.4, 0.5) is 4.39 Å². The van der Waals surface area contributed by atoms with E-state index in [9.17, 15) is 9.18 Å². The van der Waals surface area contributed by atoms with E-state index < -0.39 is 5.41 Å². The Morgan fingerprint density at radius 2 is 2.04 bits per heavy atom. The van der Waals surface area contributed by atoms with Gasteiger partial charge in [-0.05, 0) is 40.3 Å². The molecule has 134 valence electrons. The summed E-state index contributed by atoms with van der Waals surface area (Å²) in [5.41, 5.74) is 0.774. The number of tetrazole rings is 1. The van der Waals surface area contributed by atoms with Gasteiger partial charge >= 0.3 is 0 Å². The largest absolute Gasteiger partial charge is 0.351 e. The maximum absolute atomic E-state index is 14.1. The summed E-state index contributed by atoms with van der Waals surface area (Å²) in [6, 6.07) is 11.4. The van der Waals surface area contributed by atoms with Gasteiger partial charge < -0.3 is 5.32 Å². The standard InChI is InChI=1S/C18H17ClFN5O/c1-18(2,14-5-3-4-6-15(14)20)10-21-17(26)13-9-12(19)7-8-16(13)25-11-22-23-24-25/h3-9,11H,10H2,1-2H3,(H,21,26). The van der Waals surface area contributed by atoms with Crippen molar-refractivity contribution in [1.29, 1.82) is 0 Å². The van der Waals surface area contributed by atoms with Crippen molar-refractivity contribution in [3.8, 4) is 5.69 Å². The molecule has 1 amide bonds. The second-order valence-electron chi connectivity index (χ2n) is 6.46. The molecule has 0 radical (unpaired) electrons. The predicted molar refractivity (Wildman–Crippen MR) is 95.9 cm³/mol. The first-order chi connectivity index (χ1) is 12.4. The van der Waals surface area contributed by atoms with E-state index >= 15 is 0 Å². The van der Waals surface area contributed by atoms with E-state index in [1.54, 1.807) is 36.4 Å². The van der Waals surface area contributed by atoms with Crippen molar-refractivity contribution < 1.29 is 9.18 Å². The molecule has 0 aliphatic heterocycles. The van der Waals surface area contributed by atoms with Crippen LogP contribution in [0, 0.1) is 5.82 Å². The highest BCUT2D eigenvalue weighted by molar-refractivity contribution is 6.31. The second-order valence-corrected chi connectivity index (χ2v) is 6.90. The van der Waals surface area contributed by atoms with Crippen LogP contribution in [0.5, 0.6) is 0 Å². The smallest absolute Gasteiger partial charge is 0.253 e. The third-order valence-electron chi connectivity index (χ3n) is 4.09. The maximum Gasteiger partial charge on any atom is 0.253 e. The maximum atomic E-state index is 14.1. The van der Waals surface area contributed by atoms with E-state index in [0.717, 1.165) is 0 Å². The molecule has 0 atom stereocenters. The molecule has 3 rings (SSSR count). The van der Waals surface area contributed by atoms with Gasteiger partial charge in [0, 0.05) is 17.0 Å². The first-order valence-corrected chi connectivity index (χ1v) is 8.32. The summed E-state index contributed by atoms with van der Waals surface area (Å²) in [5.74, 6) is -0.647. The average molecular weight is 374 g/mol. The minimum atomic E-state index is -0.589. The van der Waals surface area contributed by atoms with Gasteiger partial charge in [-0.3, -0.25) is 4.79 Å². The van der Waals surface area contributed by atoms with Crippen LogP contribution in [0.1, 0.15) is 29.8 Å². The Morgan fingerprint density at radius 1 is 1.27 bits per heavy atom. The number of halogens is 2. The molecule has 1 aromatic heterocycles. The van der Waals surface area contributed by atoms with Crippen molar-refractivity contribution >= 4 is 17.5 Å². The second kappa shape index (κ2) is 7.21. The van der Waals surface area contributed by atoms with Gasteiger partial charge in [-0.2, -0.15) is 4.68 Å². The van der Waals surface area contributed by atoms with Crippen molar-refractivity contribution in [3.63, 3.8) is 0 Å². The number of rotatable bonds is 5. The Morgan fingerprint density at radius 3 is 2.73 bits per heavy atom. The number of aromatic nitrogens is 4.